The molecule has 0 amide bonds. The van der Waals surface area contributed by atoms with Crippen molar-refractivity contribution in [1.82, 2.24) is 4.90 Å². The third-order valence-electron chi connectivity index (χ3n) is 6.08. The number of piperidine rings is 1. The van der Waals surface area contributed by atoms with Crippen molar-refractivity contribution >= 4 is 5.97 Å². The SMILES string of the molecule is O=C(O)C[C@@H]1CCN(Cc2cc(C(F)(F)F)ccc2C(F)(F)F)[C@H](c2ccc(C(F)(F)F)cc2F)C1. The normalized spacial score (nSPS) is 19.9. The Labute approximate surface area is 198 Å². The Morgan fingerprint density at radius 1 is 0.889 bits per heavy atom. The molecular weight excluding hydrogens is 512 g/mol. The highest BCUT2D eigenvalue weighted by Crippen LogP contribution is 2.42. The maximum absolute atomic E-state index is 14.8. The first-order chi connectivity index (χ1) is 16.5. The predicted molar refractivity (Wildman–Crippen MR) is 106 cm³/mol. The van der Waals surface area contributed by atoms with Gasteiger partial charge in [-0.05, 0) is 61.2 Å². The summed E-state index contributed by atoms with van der Waals surface area (Å²) in [6, 6.07) is 1.38. The molecule has 0 aliphatic carbocycles. The van der Waals surface area contributed by atoms with Gasteiger partial charge in [-0.1, -0.05) is 6.07 Å². The van der Waals surface area contributed by atoms with Crippen molar-refractivity contribution in [1.29, 1.82) is 0 Å². The van der Waals surface area contributed by atoms with Gasteiger partial charge in [0.1, 0.15) is 5.82 Å². The number of hydrogen-bond acceptors (Lipinski definition) is 2. The van der Waals surface area contributed by atoms with E-state index < -0.39 is 71.1 Å². The Balaban J connectivity index is 2.04. The molecule has 0 unspecified atom stereocenters. The van der Waals surface area contributed by atoms with E-state index in [9.17, 15) is 48.7 Å². The van der Waals surface area contributed by atoms with E-state index in [-0.39, 0.29) is 37.4 Å². The zero-order valence-corrected chi connectivity index (χ0v) is 18.2. The van der Waals surface area contributed by atoms with Gasteiger partial charge < -0.3 is 5.11 Å². The van der Waals surface area contributed by atoms with E-state index in [1.54, 1.807) is 0 Å². The van der Waals surface area contributed by atoms with Crippen molar-refractivity contribution in [2.75, 3.05) is 6.54 Å². The molecule has 1 N–H and O–H groups in total. The van der Waals surface area contributed by atoms with Crippen molar-refractivity contribution < 1.29 is 53.8 Å². The fourth-order valence-electron chi connectivity index (χ4n) is 4.40. The van der Waals surface area contributed by atoms with Crippen LogP contribution in [-0.2, 0) is 29.9 Å². The molecule has 1 fully saturated rings. The van der Waals surface area contributed by atoms with E-state index in [4.69, 9.17) is 5.11 Å². The molecule has 3 nitrogen and oxygen atoms in total. The zero-order chi connectivity index (χ0) is 27.1. The van der Waals surface area contributed by atoms with Crippen LogP contribution in [-0.4, -0.2) is 22.5 Å². The van der Waals surface area contributed by atoms with Crippen LogP contribution in [0.4, 0.5) is 43.9 Å². The number of nitrogens with zero attached hydrogens (tertiary/aromatic N) is 1. The minimum atomic E-state index is -5.00. The number of alkyl halides is 9. The molecule has 0 spiro atoms. The Morgan fingerprint density at radius 3 is 2.00 bits per heavy atom. The number of benzene rings is 2. The Bertz CT molecular complexity index is 1110. The van der Waals surface area contributed by atoms with E-state index in [0.717, 1.165) is 6.07 Å². The van der Waals surface area contributed by atoms with Crippen molar-refractivity contribution in [3.8, 4) is 0 Å². The Kier molecular flexibility index (Phi) is 7.64. The van der Waals surface area contributed by atoms with Crippen LogP contribution in [0, 0.1) is 11.7 Å². The van der Waals surface area contributed by atoms with Gasteiger partial charge in [0.05, 0.1) is 16.7 Å². The van der Waals surface area contributed by atoms with E-state index in [0.29, 0.717) is 24.3 Å². The molecule has 2 atom stereocenters. The second-order valence-corrected chi connectivity index (χ2v) is 8.58. The lowest BCUT2D eigenvalue weighted by molar-refractivity contribution is -0.142. The minimum Gasteiger partial charge on any atom is -0.481 e. The lowest BCUT2D eigenvalue weighted by Crippen LogP contribution is -2.38. The largest absolute Gasteiger partial charge is 0.481 e. The Hall–Kier alpha value is -2.83. The van der Waals surface area contributed by atoms with Gasteiger partial charge in [-0.25, -0.2) is 4.39 Å². The summed E-state index contributed by atoms with van der Waals surface area (Å²) in [5.41, 5.74) is -5.03. The molecule has 1 saturated heterocycles. The molecular formula is C23H19F10NO2. The zero-order valence-electron chi connectivity index (χ0n) is 18.2. The molecule has 0 saturated carbocycles. The Morgan fingerprint density at radius 2 is 1.47 bits per heavy atom. The smallest absolute Gasteiger partial charge is 0.416 e. The van der Waals surface area contributed by atoms with Crippen LogP contribution in [0.3, 0.4) is 0 Å². The van der Waals surface area contributed by atoms with Crippen molar-refractivity contribution in [2.45, 2.75) is 50.4 Å². The molecule has 2 aromatic carbocycles. The third-order valence-corrected chi connectivity index (χ3v) is 6.08. The summed E-state index contributed by atoms with van der Waals surface area (Å²) >= 11 is 0. The second kappa shape index (κ2) is 9.91. The first-order valence-corrected chi connectivity index (χ1v) is 10.6. The van der Waals surface area contributed by atoms with E-state index in [1.807, 2.05) is 0 Å². The number of carbonyl (C=O) groups is 1. The summed E-state index contributed by atoms with van der Waals surface area (Å²) in [7, 11) is 0. The fraction of sp³-hybridized carbons (Fsp3) is 0.435. The fourth-order valence-corrected chi connectivity index (χ4v) is 4.40. The molecule has 0 aromatic heterocycles. The molecule has 1 aliphatic heterocycles. The van der Waals surface area contributed by atoms with Gasteiger partial charge in [0, 0.05) is 24.6 Å². The van der Waals surface area contributed by atoms with Crippen LogP contribution >= 0.6 is 0 Å². The third kappa shape index (κ3) is 6.48. The lowest BCUT2D eigenvalue weighted by Gasteiger charge is -2.40. The number of likely N-dealkylation sites (tertiary alicyclic amines) is 1. The summed E-state index contributed by atoms with van der Waals surface area (Å²) in [5.74, 6) is -3.08. The number of carboxylic acid groups (broad SMARTS) is 1. The van der Waals surface area contributed by atoms with Gasteiger partial charge in [0.2, 0.25) is 0 Å². The summed E-state index contributed by atoms with van der Waals surface area (Å²) < 4.78 is 134. The molecule has 1 heterocycles. The highest BCUT2D eigenvalue weighted by Gasteiger charge is 2.39. The molecule has 3 rings (SSSR count). The summed E-state index contributed by atoms with van der Waals surface area (Å²) in [6.07, 6.45) is -15.2. The lowest BCUT2D eigenvalue weighted by atomic mass is 9.84. The van der Waals surface area contributed by atoms with Crippen LogP contribution in [0.2, 0.25) is 0 Å². The first-order valence-electron chi connectivity index (χ1n) is 10.6. The maximum atomic E-state index is 14.8. The standard InChI is InChI=1S/C23H19F10NO2/c24-18-10-15(22(28,29)30)1-3-16(18)19-7-12(8-20(35)36)5-6-34(19)11-13-9-14(21(25,26)27)2-4-17(13)23(31,32)33/h1-4,9-10,12,19H,5-8,11H2,(H,35,36)/t12-,19+/m1/s1. The molecule has 13 heteroatoms. The van der Waals surface area contributed by atoms with Gasteiger partial charge in [-0.2, -0.15) is 39.5 Å². The van der Waals surface area contributed by atoms with Crippen molar-refractivity contribution in [3.05, 3.63) is 70.0 Å². The van der Waals surface area contributed by atoms with Gasteiger partial charge in [0.25, 0.3) is 0 Å². The minimum absolute atomic E-state index is 0.114. The van der Waals surface area contributed by atoms with E-state index in [2.05, 4.69) is 0 Å². The van der Waals surface area contributed by atoms with Gasteiger partial charge in [-0.3, -0.25) is 9.69 Å². The topological polar surface area (TPSA) is 40.5 Å². The molecule has 2 aromatic rings. The predicted octanol–water partition coefficient (Wildman–Crippen LogP) is 7.31. The van der Waals surface area contributed by atoms with E-state index in [1.165, 1.54) is 4.90 Å². The second-order valence-electron chi connectivity index (χ2n) is 8.58. The molecule has 36 heavy (non-hydrogen) atoms. The number of rotatable bonds is 5. The number of halogens is 10. The average molecular weight is 531 g/mol. The van der Waals surface area contributed by atoms with Gasteiger partial charge in [-0.15, -0.1) is 0 Å². The number of aliphatic carboxylic acids is 1. The number of hydrogen-bond donors (Lipinski definition) is 1. The van der Waals surface area contributed by atoms with Gasteiger partial charge >= 0.3 is 24.5 Å². The van der Waals surface area contributed by atoms with Crippen molar-refractivity contribution in [2.24, 2.45) is 5.92 Å². The maximum Gasteiger partial charge on any atom is 0.416 e. The average Bonchev–Trinajstić information content (AvgIpc) is 2.72. The van der Waals surface area contributed by atoms with Crippen LogP contribution in [0.5, 0.6) is 0 Å². The van der Waals surface area contributed by atoms with Gasteiger partial charge in [0.15, 0.2) is 0 Å². The molecule has 198 valence electrons. The molecule has 1 aliphatic rings. The van der Waals surface area contributed by atoms with E-state index >= 15 is 0 Å². The number of carboxylic acids is 1. The molecule has 0 bridgehead atoms. The summed E-state index contributed by atoms with van der Waals surface area (Å²) in [5, 5.41) is 9.09. The van der Waals surface area contributed by atoms with Crippen molar-refractivity contribution in [3.63, 3.8) is 0 Å². The summed E-state index contributed by atoms with van der Waals surface area (Å²) in [6.45, 7) is -0.833. The highest BCUT2D eigenvalue weighted by molar-refractivity contribution is 5.67. The quantitative estimate of drug-likeness (QED) is 0.412. The van der Waals surface area contributed by atoms with Crippen LogP contribution in [0.15, 0.2) is 36.4 Å². The van der Waals surface area contributed by atoms with Crippen LogP contribution < -0.4 is 0 Å². The van der Waals surface area contributed by atoms with Crippen LogP contribution in [0.1, 0.15) is 53.1 Å². The first kappa shape index (κ1) is 27.8. The highest BCUT2D eigenvalue weighted by atomic mass is 19.4. The summed E-state index contributed by atoms with van der Waals surface area (Å²) in [4.78, 5) is 12.4. The monoisotopic (exact) mass is 531 g/mol. The van der Waals surface area contributed by atoms with Crippen LogP contribution in [0.25, 0.3) is 0 Å². The molecule has 0 radical (unpaired) electrons.